The lowest BCUT2D eigenvalue weighted by Gasteiger charge is -2.57. The third-order valence-electron chi connectivity index (χ3n) is 8.31. The van der Waals surface area contributed by atoms with E-state index in [9.17, 15) is 14.7 Å². The molecule has 0 bridgehead atoms. The maximum absolute atomic E-state index is 12.2. The van der Waals surface area contributed by atoms with Crippen molar-refractivity contribution in [3.63, 3.8) is 0 Å². The Balaban J connectivity index is 1.21. The molecule has 0 aromatic carbocycles. The molecule has 7 heteroatoms. The Morgan fingerprint density at radius 2 is 1.96 bits per heavy atom. The zero-order valence-corrected chi connectivity index (χ0v) is 15.5. The van der Waals surface area contributed by atoms with E-state index in [1.807, 2.05) is 4.90 Å². The highest BCUT2D eigenvalue weighted by atomic mass is 16.6. The van der Waals surface area contributed by atoms with E-state index in [1.54, 1.807) is 4.90 Å². The van der Waals surface area contributed by atoms with Crippen LogP contribution in [0, 0.1) is 11.3 Å². The van der Waals surface area contributed by atoms with Crippen LogP contribution in [0.5, 0.6) is 0 Å². The summed E-state index contributed by atoms with van der Waals surface area (Å²) in [6, 6.07) is 0.846. The molecule has 0 aromatic heterocycles. The molecule has 2 spiro atoms. The smallest absolute Gasteiger partial charge is 0.410 e. The summed E-state index contributed by atoms with van der Waals surface area (Å²) in [6.07, 6.45) is 5.31. The highest BCUT2D eigenvalue weighted by Crippen LogP contribution is 2.55. The van der Waals surface area contributed by atoms with Crippen molar-refractivity contribution >= 4 is 12.2 Å². The first kappa shape index (κ1) is 16.7. The summed E-state index contributed by atoms with van der Waals surface area (Å²) in [4.78, 5) is 29.5. The number of amides is 2. The molecule has 144 valence electrons. The second kappa shape index (κ2) is 5.50. The number of fused-ring (bicyclic) bond motifs is 2. The van der Waals surface area contributed by atoms with Gasteiger partial charge in [0.1, 0.15) is 5.60 Å². The minimum Gasteiger partial charge on any atom is -0.465 e. The van der Waals surface area contributed by atoms with E-state index < -0.39 is 6.09 Å². The molecule has 4 saturated heterocycles. The molecular formula is C19H29N3O4. The Hall–Kier alpha value is -1.50. The normalized spacial score (nSPS) is 41.6. The minimum atomic E-state index is -0.776. The Labute approximate surface area is 154 Å². The number of hydrogen-bond donors (Lipinski definition) is 1. The number of hydrogen-bond acceptors (Lipinski definition) is 4. The average Bonchev–Trinajstić information content (AvgIpc) is 3.33. The number of carbonyl (C=O) groups excluding carboxylic acids is 1. The Bertz CT molecular complexity index is 632. The predicted molar refractivity (Wildman–Crippen MR) is 94.0 cm³/mol. The standard InChI is InChI=1S/C19H29N3O4/c1-13-14(11-18(13)4-8-21(12-18)16(23)24)20-9-5-19(6-10-20)15-3-2-7-22(15)17(25)26-19/h13-15H,2-12H2,1H3,(H,23,24). The number of piperidine rings is 1. The third kappa shape index (κ3) is 2.15. The summed E-state index contributed by atoms with van der Waals surface area (Å²) in [7, 11) is 0. The fraction of sp³-hybridized carbons (Fsp3) is 0.895. The van der Waals surface area contributed by atoms with Crippen LogP contribution in [-0.2, 0) is 4.74 Å². The molecule has 1 saturated carbocycles. The second-order valence-corrected chi connectivity index (χ2v) is 9.20. The number of carboxylic acid groups (broad SMARTS) is 1. The molecule has 0 aromatic rings. The van der Waals surface area contributed by atoms with Crippen molar-refractivity contribution in [1.82, 2.24) is 14.7 Å². The molecule has 5 fully saturated rings. The highest BCUT2D eigenvalue weighted by molar-refractivity contribution is 5.72. The van der Waals surface area contributed by atoms with Gasteiger partial charge in [0.25, 0.3) is 0 Å². The van der Waals surface area contributed by atoms with Gasteiger partial charge in [-0.3, -0.25) is 4.90 Å². The maximum Gasteiger partial charge on any atom is 0.410 e. The van der Waals surface area contributed by atoms with Crippen molar-refractivity contribution in [2.24, 2.45) is 11.3 Å². The van der Waals surface area contributed by atoms with Crippen LogP contribution in [0.4, 0.5) is 9.59 Å². The van der Waals surface area contributed by atoms with Crippen LogP contribution in [0.25, 0.3) is 0 Å². The number of rotatable bonds is 1. The largest absolute Gasteiger partial charge is 0.465 e. The number of likely N-dealkylation sites (tertiary alicyclic amines) is 2. The van der Waals surface area contributed by atoms with Gasteiger partial charge in [-0.05, 0) is 37.0 Å². The zero-order chi connectivity index (χ0) is 18.1. The van der Waals surface area contributed by atoms with Crippen molar-refractivity contribution in [2.75, 3.05) is 32.7 Å². The number of carbonyl (C=O) groups is 2. The number of ether oxygens (including phenoxy) is 1. The van der Waals surface area contributed by atoms with E-state index in [4.69, 9.17) is 4.74 Å². The van der Waals surface area contributed by atoms with E-state index in [2.05, 4.69) is 11.8 Å². The fourth-order valence-corrected chi connectivity index (χ4v) is 6.57. The van der Waals surface area contributed by atoms with E-state index in [0.29, 0.717) is 31.1 Å². The summed E-state index contributed by atoms with van der Waals surface area (Å²) < 4.78 is 5.89. The molecule has 7 nitrogen and oxygen atoms in total. The van der Waals surface area contributed by atoms with Crippen molar-refractivity contribution in [3.8, 4) is 0 Å². The first-order chi connectivity index (χ1) is 12.4. The molecule has 2 amide bonds. The summed E-state index contributed by atoms with van der Waals surface area (Å²) in [6.45, 7) is 6.53. The van der Waals surface area contributed by atoms with Gasteiger partial charge in [-0.15, -0.1) is 0 Å². The SMILES string of the molecule is CC1C(N2CCC3(CC2)OC(=O)N2CCCC23)CC12CCN(C(=O)O)C2. The zero-order valence-electron chi connectivity index (χ0n) is 15.5. The molecular weight excluding hydrogens is 334 g/mol. The lowest BCUT2D eigenvalue weighted by molar-refractivity contribution is -0.0954. The first-order valence-electron chi connectivity index (χ1n) is 10.2. The Kier molecular flexibility index (Phi) is 3.53. The molecule has 0 radical (unpaired) electrons. The Morgan fingerprint density at radius 3 is 2.62 bits per heavy atom. The fourth-order valence-electron chi connectivity index (χ4n) is 6.57. The van der Waals surface area contributed by atoms with Gasteiger partial charge in [-0.25, -0.2) is 9.59 Å². The van der Waals surface area contributed by atoms with Crippen molar-refractivity contribution in [1.29, 1.82) is 0 Å². The topological polar surface area (TPSA) is 73.3 Å². The van der Waals surface area contributed by atoms with Gasteiger partial charge >= 0.3 is 12.2 Å². The molecule has 5 aliphatic rings. The summed E-state index contributed by atoms with van der Waals surface area (Å²) >= 11 is 0. The quantitative estimate of drug-likeness (QED) is 0.773. The molecule has 1 aliphatic carbocycles. The van der Waals surface area contributed by atoms with Gasteiger partial charge in [-0.2, -0.15) is 0 Å². The van der Waals surface area contributed by atoms with Crippen LogP contribution in [0.2, 0.25) is 0 Å². The Morgan fingerprint density at radius 1 is 1.19 bits per heavy atom. The van der Waals surface area contributed by atoms with Crippen LogP contribution in [0.15, 0.2) is 0 Å². The molecule has 4 heterocycles. The molecule has 4 aliphatic heterocycles. The van der Waals surface area contributed by atoms with Crippen molar-refractivity contribution in [3.05, 3.63) is 0 Å². The van der Waals surface area contributed by atoms with Crippen LogP contribution in [0.1, 0.15) is 45.4 Å². The van der Waals surface area contributed by atoms with E-state index >= 15 is 0 Å². The van der Waals surface area contributed by atoms with Gasteiger partial charge in [0.15, 0.2) is 0 Å². The summed E-state index contributed by atoms with van der Waals surface area (Å²) in [5.74, 6) is 0.537. The van der Waals surface area contributed by atoms with Crippen LogP contribution in [0.3, 0.4) is 0 Å². The predicted octanol–water partition coefficient (Wildman–Crippen LogP) is 2.21. The monoisotopic (exact) mass is 363 g/mol. The van der Waals surface area contributed by atoms with Crippen LogP contribution in [-0.4, -0.2) is 82.4 Å². The minimum absolute atomic E-state index is 0.100. The maximum atomic E-state index is 12.2. The van der Waals surface area contributed by atoms with Crippen LogP contribution >= 0.6 is 0 Å². The van der Waals surface area contributed by atoms with Gasteiger partial charge in [0.05, 0.1) is 6.04 Å². The lowest BCUT2D eigenvalue weighted by atomic mass is 9.56. The van der Waals surface area contributed by atoms with Crippen molar-refractivity contribution < 1.29 is 19.4 Å². The number of nitrogens with zero attached hydrogens (tertiary/aromatic N) is 3. The van der Waals surface area contributed by atoms with Crippen LogP contribution < -0.4 is 0 Å². The van der Waals surface area contributed by atoms with E-state index in [0.717, 1.165) is 58.2 Å². The molecule has 26 heavy (non-hydrogen) atoms. The molecule has 4 unspecified atom stereocenters. The highest BCUT2D eigenvalue weighted by Gasteiger charge is 2.60. The average molecular weight is 363 g/mol. The molecule has 1 N–H and O–H groups in total. The second-order valence-electron chi connectivity index (χ2n) is 9.20. The first-order valence-corrected chi connectivity index (χ1v) is 10.2. The van der Waals surface area contributed by atoms with Gasteiger partial charge in [0.2, 0.25) is 0 Å². The van der Waals surface area contributed by atoms with E-state index in [-0.39, 0.29) is 17.1 Å². The molecule has 5 rings (SSSR count). The van der Waals surface area contributed by atoms with E-state index in [1.165, 1.54) is 0 Å². The van der Waals surface area contributed by atoms with Gasteiger partial charge < -0.3 is 19.6 Å². The molecule has 4 atom stereocenters. The van der Waals surface area contributed by atoms with Gasteiger partial charge in [-0.1, -0.05) is 6.92 Å². The van der Waals surface area contributed by atoms with Gasteiger partial charge in [0, 0.05) is 51.6 Å². The lowest BCUT2D eigenvalue weighted by Crippen LogP contribution is -2.62. The summed E-state index contributed by atoms with van der Waals surface area (Å²) in [5, 5.41) is 9.25. The van der Waals surface area contributed by atoms with Crippen molar-refractivity contribution in [2.45, 2.75) is 63.1 Å². The third-order valence-corrected chi connectivity index (χ3v) is 8.31. The summed E-state index contributed by atoms with van der Waals surface area (Å²) in [5.41, 5.74) is -0.0531.